The molecule has 2 rings (SSSR count). The van der Waals surface area contributed by atoms with Crippen molar-refractivity contribution >= 4 is 23.7 Å². The standard InChI is InChI=1S/C12H20N2S.ClH/c1-9-6-14(7-10(2)13-9)8-12-5-4-11(3)15-12;/h4-5,9-10,13H,6-8H2,1-3H3;1H. The molecular formula is C12H21ClN2S. The van der Waals surface area contributed by atoms with E-state index < -0.39 is 0 Å². The van der Waals surface area contributed by atoms with E-state index in [1.54, 1.807) is 0 Å². The van der Waals surface area contributed by atoms with Gasteiger partial charge in [-0.05, 0) is 32.9 Å². The minimum atomic E-state index is 0. The SMILES string of the molecule is Cc1ccc(CN2CC(C)NC(C)C2)s1.Cl. The van der Waals surface area contributed by atoms with Gasteiger partial charge in [0.05, 0.1) is 0 Å². The number of rotatable bonds is 2. The number of thiophene rings is 1. The summed E-state index contributed by atoms with van der Waals surface area (Å²) in [6.07, 6.45) is 0. The van der Waals surface area contributed by atoms with Gasteiger partial charge in [-0.3, -0.25) is 4.90 Å². The van der Waals surface area contributed by atoms with Crippen molar-refractivity contribution in [3.8, 4) is 0 Å². The van der Waals surface area contributed by atoms with Crippen molar-refractivity contribution in [2.45, 2.75) is 39.4 Å². The smallest absolute Gasteiger partial charge is 0.0329 e. The molecule has 92 valence electrons. The fraction of sp³-hybridized carbons (Fsp3) is 0.667. The molecule has 0 spiro atoms. The minimum absolute atomic E-state index is 0. The molecule has 0 bridgehead atoms. The van der Waals surface area contributed by atoms with Crippen LogP contribution >= 0.6 is 23.7 Å². The van der Waals surface area contributed by atoms with Crippen molar-refractivity contribution in [2.75, 3.05) is 13.1 Å². The highest BCUT2D eigenvalue weighted by Gasteiger charge is 2.20. The number of halogens is 1. The number of nitrogens with zero attached hydrogens (tertiary/aromatic N) is 1. The molecule has 4 heteroatoms. The average Bonchev–Trinajstić information content (AvgIpc) is 2.49. The predicted octanol–water partition coefficient (Wildman–Crippen LogP) is 2.66. The molecule has 1 aliphatic heterocycles. The molecule has 2 heterocycles. The van der Waals surface area contributed by atoms with Crippen molar-refractivity contribution in [2.24, 2.45) is 0 Å². The third-order valence-electron chi connectivity index (χ3n) is 2.81. The Morgan fingerprint density at radius 3 is 2.44 bits per heavy atom. The Bertz CT molecular complexity index is 317. The zero-order valence-electron chi connectivity index (χ0n) is 10.2. The van der Waals surface area contributed by atoms with E-state index in [-0.39, 0.29) is 12.4 Å². The van der Waals surface area contributed by atoms with E-state index in [9.17, 15) is 0 Å². The lowest BCUT2D eigenvalue weighted by molar-refractivity contribution is 0.168. The molecule has 0 aromatic carbocycles. The maximum Gasteiger partial charge on any atom is 0.0329 e. The molecule has 1 aliphatic rings. The second-order valence-corrected chi connectivity index (χ2v) is 6.05. The van der Waals surface area contributed by atoms with Gasteiger partial charge in [-0.25, -0.2) is 0 Å². The quantitative estimate of drug-likeness (QED) is 0.880. The highest BCUT2D eigenvalue weighted by molar-refractivity contribution is 7.11. The van der Waals surface area contributed by atoms with Crippen LogP contribution < -0.4 is 5.32 Å². The molecule has 0 saturated carbocycles. The number of nitrogens with one attached hydrogen (secondary N) is 1. The van der Waals surface area contributed by atoms with Gasteiger partial charge in [0.1, 0.15) is 0 Å². The summed E-state index contributed by atoms with van der Waals surface area (Å²) in [4.78, 5) is 5.46. The van der Waals surface area contributed by atoms with E-state index in [4.69, 9.17) is 0 Å². The zero-order valence-corrected chi connectivity index (χ0v) is 11.8. The first kappa shape index (κ1) is 14.0. The average molecular weight is 261 g/mol. The van der Waals surface area contributed by atoms with Gasteiger partial charge in [0.25, 0.3) is 0 Å². The summed E-state index contributed by atoms with van der Waals surface area (Å²) >= 11 is 1.92. The highest BCUT2D eigenvalue weighted by atomic mass is 35.5. The Morgan fingerprint density at radius 2 is 1.94 bits per heavy atom. The number of hydrogen-bond acceptors (Lipinski definition) is 3. The fourth-order valence-electron chi connectivity index (χ4n) is 2.36. The molecule has 1 aromatic heterocycles. The Labute approximate surface area is 108 Å². The van der Waals surface area contributed by atoms with Crippen LogP contribution in [0.1, 0.15) is 23.6 Å². The van der Waals surface area contributed by atoms with Gasteiger partial charge in [-0.15, -0.1) is 23.7 Å². The Hall–Kier alpha value is -0.0900. The van der Waals surface area contributed by atoms with Gasteiger partial charge in [-0.1, -0.05) is 0 Å². The Morgan fingerprint density at radius 1 is 1.31 bits per heavy atom. The summed E-state index contributed by atoms with van der Waals surface area (Å²) in [6.45, 7) is 10.2. The number of piperazine rings is 1. The van der Waals surface area contributed by atoms with Crippen LogP contribution in [-0.2, 0) is 6.54 Å². The molecule has 0 aliphatic carbocycles. The third kappa shape index (κ3) is 3.74. The third-order valence-corrected chi connectivity index (χ3v) is 3.79. The van der Waals surface area contributed by atoms with E-state index >= 15 is 0 Å². The molecule has 1 saturated heterocycles. The van der Waals surface area contributed by atoms with Crippen LogP contribution in [0.5, 0.6) is 0 Å². The lowest BCUT2D eigenvalue weighted by Gasteiger charge is -2.35. The monoisotopic (exact) mass is 260 g/mol. The lowest BCUT2D eigenvalue weighted by atomic mass is 10.1. The van der Waals surface area contributed by atoms with Crippen LogP contribution in [0.4, 0.5) is 0 Å². The lowest BCUT2D eigenvalue weighted by Crippen LogP contribution is -2.53. The summed E-state index contributed by atoms with van der Waals surface area (Å²) in [6, 6.07) is 5.72. The highest BCUT2D eigenvalue weighted by Crippen LogP contribution is 2.18. The molecular weight excluding hydrogens is 240 g/mol. The Balaban J connectivity index is 0.00000128. The van der Waals surface area contributed by atoms with E-state index in [1.165, 1.54) is 22.8 Å². The normalized spacial score (nSPS) is 26.4. The maximum absolute atomic E-state index is 3.56. The van der Waals surface area contributed by atoms with Crippen LogP contribution in [0.3, 0.4) is 0 Å². The van der Waals surface area contributed by atoms with Crippen molar-refractivity contribution < 1.29 is 0 Å². The van der Waals surface area contributed by atoms with Crippen LogP contribution in [0.15, 0.2) is 12.1 Å². The van der Waals surface area contributed by atoms with Gasteiger partial charge in [0.2, 0.25) is 0 Å². The maximum atomic E-state index is 3.56. The molecule has 2 atom stereocenters. The fourth-order valence-corrected chi connectivity index (χ4v) is 3.29. The van der Waals surface area contributed by atoms with Gasteiger partial charge < -0.3 is 5.32 Å². The molecule has 2 unspecified atom stereocenters. The van der Waals surface area contributed by atoms with Gasteiger partial charge in [-0.2, -0.15) is 0 Å². The van der Waals surface area contributed by atoms with Gasteiger partial charge >= 0.3 is 0 Å². The van der Waals surface area contributed by atoms with Crippen LogP contribution in [0.25, 0.3) is 0 Å². The summed E-state index contributed by atoms with van der Waals surface area (Å²) in [5, 5.41) is 3.56. The Kier molecular flexibility index (Phi) is 5.25. The molecule has 1 N–H and O–H groups in total. The van der Waals surface area contributed by atoms with Gasteiger partial charge in [0.15, 0.2) is 0 Å². The topological polar surface area (TPSA) is 15.3 Å². The molecule has 16 heavy (non-hydrogen) atoms. The van der Waals surface area contributed by atoms with Crippen molar-refractivity contribution in [3.63, 3.8) is 0 Å². The van der Waals surface area contributed by atoms with Crippen molar-refractivity contribution in [3.05, 3.63) is 21.9 Å². The second-order valence-electron chi connectivity index (χ2n) is 4.68. The molecule has 2 nitrogen and oxygen atoms in total. The number of hydrogen-bond donors (Lipinski definition) is 1. The minimum Gasteiger partial charge on any atom is -0.309 e. The summed E-state index contributed by atoms with van der Waals surface area (Å²) < 4.78 is 0. The first-order valence-electron chi connectivity index (χ1n) is 5.67. The molecule has 1 aromatic rings. The van der Waals surface area contributed by atoms with Crippen molar-refractivity contribution in [1.82, 2.24) is 10.2 Å². The van der Waals surface area contributed by atoms with Crippen LogP contribution in [0, 0.1) is 6.92 Å². The summed E-state index contributed by atoms with van der Waals surface area (Å²) in [5.74, 6) is 0. The van der Waals surface area contributed by atoms with E-state index in [0.717, 1.165) is 6.54 Å². The molecule has 1 fully saturated rings. The van der Waals surface area contributed by atoms with E-state index in [1.807, 2.05) is 11.3 Å². The summed E-state index contributed by atoms with van der Waals surface area (Å²) in [7, 11) is 0. The summed E-state index contributed by atoms with van der Waals surface area (Å²) in [5.41, 5.74) is 0. The van der Waals surface area contributed by atoms with Crippen LogP contribution in [-0.4, -0.2) is 30.1 Å². The zero-order chi connectivity index (χ0) is 10.8. The van der Waals surface area contributed by atoms with Gasteiger partial charge in [0, 0.05) is 41.5 Å². The van der Waals surface area contributed by atoms with E-state index in [0.29, 0.717) is 12.1 Å². The van der Waals surface area contributed by atoms with E-state index in [2.05, 4.69) is 43.1 Å². The first-order valence-corrected chi connectivity index (χ1v) is 6.49. The number of aryl methyl sites for hydroxylation is 1. The molecule has 0 radical (unpaired) electrons. The largest absolute Gasteiger partial charge is 0.309 e. The van der Waals surface area contributed by atoms with Crippen molar-refractivity contribution in [1.29, 1.82) is 0 Å². The van der Waals surface area contributed by atoms with Crippen LogP contribution in [0.2, 0.25) is 0 Å². The second kappa shape index (κ2) is 6.01. The predicted molar refractivity (Wildman–Crippen MR) is 73.6 cm³/mol. The first-order chi connectivity index (χ1) is 7.13. The molecule has 0 amide bonds.